The van der Waals surface area contributed by atoms with E-state index in [0.717, 1.165) is 42.9 Å². The number of hydrogen-bond acceptors (Lipinski definition) is 1. The highest BCUT2D eigenvalue weighted by Crippen LogP contribution is 2.50. The van der Waals surface area contributed by atoms with Gasteiger partial charge in [0.25, 0.3) is 0 Å². The fourth-order valence-electron chi connectivity index (χ4n) is 3.76. The molecular weight excluding hydrogens is 306 g/mol. The third kappa shape index (κ3) is 2.66. The number of amides is 1. The predicted octanol–water partition coefficient (Wildman–Crippen LogP) is 4.39. The van der Waals surface area contributed by atoms with Gasteiger partial charge in [0.1, 0.15) is 0 Å². The minimum Gasteiger partial charge on any atom is -0.341 e. The monoisotopic (exact) mass is 325 g/mol. The fourth-order valence-corrected chi connectivity index (χ4v) is 3.89. The number of hydrogen-bond donors (Lipinski definition) is 0. The van der Waals surface area contributed by atoms with Gasteiger partial charge in [-0.3, -0.25) is 4.79 Å². The van der Waals surface area contributed by atoms with Crippen LogP contribution in [-0.4, -0.2) is 23.9 Å². The van der Waals surface area contributed by atoms with Gasteiger partial charge in [-0.15, -0.1) is 0 Å². The molecule has 1 unspecified atom stereocenters. The first-order valence-electron chi connectivity index (χ1n) is 8.29. The molecule has 2 aliphatic rings. The molecule has 0 aromatic heterocycles. The van der Waals surface area contributed by atoms with Crippen molar-refractivity contribution in [2.24, 2.45) is 0 Å². The summed E-state index contributed by atoms with van der Waals surface area (Å²) in [5.74, 6) is 0.777. The van der Waals surface area contributed by atoms with E-state index in [-0.39, 0.29) is 5.41 Å². The Kier molecular flexibility index (Phi) is 3.65. The highest BCUT2D eigenvalue weighted by atomic mass is 35.5. The number of nitrogens with zero attached hydrogens (tertiary/aromatic N) is 1. The maximum absolute atomic E-state index is 13.1. The van der Waals surface area contributed by atoms with Gasteiger partial charge in [0.05, 0.1) is 5.41 Å². The maximum Gasteiger partial charge on any atom is 0.233 e. The van der Waals surface area contributed by atoms with Crippen LogP contribution >= 0.6 is 11.6 Å². The molecule has 118 valence electrons. The third-order valence-electron chi connectivity index (χ3n) is 5.30. The summed E-state index contributed by atoms with van der Waals surface area (Å²) < 4.78 is 0. The molecule has 1 saturated carbocycles. The minimum atomic E-state index is -0.282. The lowest BCUT2D eigenvalue weighted by Crippen LogP contribution is -2.37. The second-order valence-corrected chi connectivity index (χ2v) is 7.17. The highest BCUT2D eigenvalue weighted by molar-refractivity contribution is 6.30. The van der Waals surface area contributed by atoms with E-state index in [1.165, 1.54) is 5.56 Å². The van der Waals surface area contributed by atoms with Crippen molar-refractivity contribution >= 4 is 17.5 Å². The number of halogens is 1. The van der Waals surface area contributed by atoms with E-state index >= 15 is 0 Å². The molecule has 0 bridgehead atoms. The van der Waals surface area contributed by atoms with Crippen LogP contribution in [0.5, 0.6) is 0 Å². The Morgan fingerprint density at radius 3 is 2.39 bits per heavy atom. The summed E-state index contributed by atoms with van der Waals surface area (Å²) in [5.41, 5.74) is 2.19. The van der Waals surface area contributed by atoms with Crippen LogP contribution in [0.3, 0.4) is 0 Å². The number of carbonyl (C=O) groups is 1. The molecule has 3 heteroatoms. The van der Waals surface area contributed by atoms with Crippen molar-refractivity contribution in [1.29, 1.82) is 0 Å². The van der Waals surface area contributed by atoms with Gasteiger partial charge in [-0.2, -0.15) is 0 Å². The summed E-state index contributed by atoms with van der Waals surface area (Å²) in [6.45, 7) is 1.71. The van der Waals surface area contributed by atoms with Crippen LogP contribution in [0.2, 0.25) is 5.02 Å². The molecule has 2 fully saturated rings. The third-order valence-corrected chi connectivity index (χ3v) is 5.55. The first-order valence-corrected chi connectivity index (χ1v) is 8.67. The van der Waals surface area contributed by atoms with E-state index in [2.05, 4.69) is 29.2 Å². The maximum atomic E-state index is 13.1. The number of carbonyl (C=O) groups excluding carboxylic acids is 1. The highest BCUT2D eigenvalue weighted by Gasteiger charge is 2.53. The number of likely N-dealkylation sites (tertiary alicyclic amines) is 1. The van der Waals surface area contributed by atoms with Gasteiger partial charge in [0.15, 0.2) is 0 Å². The first kappa shape index (κ1) is 14.8. The van der Waals surface area contributed by atoms with E-state index < -0.39 is 0 Å². The zero-order chi connectivity index (χ0) is 15.9. The SMILES string of the molecule is O=C(N1CCC(c2ccccc2)C1)C1(c2ccc(Cl)cc2)CC1. The normalized spacial score (nSPS) is 22.1. The van der Waals surface area contributed by atoms with Gasteiger partial charge in [-0.1, -0.05) is 54.1 Å². The Labute approximate surface area is 142 Å². The van der Waals surface area contributed by atoms with Crippen molar-refractivity contribution in [3.8, 4) is 0 Å². The van der Waals surface area contributed by atoms with Gasteiger partial charge < -0.3 is 4.90 Å². The average Bonchev–Trinajstić information content (AvgIpc) is 3.25. The first-order chi connectivity index (χ1) is 11.2. The Morgan fingerprint density at radius 2 is 1.74 bits per heavy atom. The molecule has 2 nitrogen and oxygen atoms in total. The van der Waals surface area contributed by atoms with Crippen molar-refractivity contribution in [3.63, 3.8) is 0 Å². The smallest absolute Gasteiger partial charge is 0.233 e. The van der Waals surface area contributed by atoms with Crippen molar-refractivity contribution in [3.05, 3.63) is 70.7 Å². The summed E-state index contributed by atoms with van der Waals surface area (Å²) in [6.07, 6.45) is 2.98. The molecule has 0 N–H and O–H groups in total. The van der Waals surface area contributed by atoms with Gasteiger partial charge in [-0.05, 0) is 42.5 Å². The number of benzene rings is 2. The molecule has 2 aromatic carbocycles. The average molecular weight is 326 g/mol. The van der Waals surface area contributed by atoms with Crippen molar-refractivity contribution in [2.75, 3.05) is 13.1 Å². The predicted molar refractivity (Wildman–Crippen MR) is 92.7 cm³/mol. The molecule has 1 heterocycles. The molecular formula is C20H20ClNO. The summed E-state index contributed by atoms with van der Waals surface area (Å²) in [4.78, 5) is 15.2. The van der Waals surface area contributed by atoms with Gasteiger partial charge in [0.2, 0.25) is 5.91 Å². The molecule has 0 radical (unpaired) electrons. The Balaban J connectivity index is 1.51. The molecule has 1 atom stereocenters. The molecule has 2 aromatic rings. The van der Waals surface area contributed by atoms with Crippen LogP contribution < -0.4 is 0 Å². The van der Waals surface area contributed by atoms with E-state index in [0.29, 0.717) is 11.8 Å². The standard InChI is InChI=1S/C20H20ClNO/c21-18-8-6-17(7-9-18)20(11-12-20)19(23)22-13-10-16(14-22)15-4-2-1-3-5-15/h1-9,16H,10-14H2. The van der Waals surface area contributed by atoms with E-state index in [1.807, 2.05) is 30.3 Å². The van der Waals surface area contributed by atoms with E-state index in [1.54, 1.807) is 0 Å². The largest absolute Gasteiger partial charge is 0.341 e. The molecule has 1 aliphatic heterocycles. The fraction of sp³-hybridized carbons (Fsp3) is 0.350. The zero-order valence-corrected chi connectivity index (χ0v) is 13.8. The Morgan fingerprint density at radius 1 is 1.04 bits per heavy atom. The summed E-state index contributed by atoms with van der Waals surface area (Å²) in [7, 11) is 0. The van der Waals surface area contributed by atoms with E-state index in [4.69, 9.17) is 11.6 Å². The van der Waals surface area contributed by atoms with E-state index in [9.17, 15) is 4.79 Å². The molecule has 1 amide bonds. The second-order valence-electron chi connectivity index (χ2n) is 6.74. The lowest BCUT2D eigenvalue weighted by Gasteiger charge is -2.24. The Hall–Kier alpha value is -1.80. The van der Waals surface area contributed by atoms with Crippen LogP contribution in [0, 0.1) is 0 Å². The molecule has 1 aliphatic carbocycles. The molecule has 23 heavy (non-hydrogen) atoms. The van der Waals surface area contributed by atoms with Crippen LogP contribution in [0.15, 0.2) is 54.6 Å². The Bertz CT molecular complexity index is 706. The zero-order valence-electron chi connectivity index (χ0n) is 13.0. The second kappa shape index (κ2) is 5.68. The van der Waals surface area contributed by atoms with Gasteiger partial charge >= 0.3 is 0 Å². The topological polar surface area (TPSA) is 20.3 Å². The minimum absolute atomic E-state index is 0.282. The van der Waals surface area contributed by atoms with Gasteiger partial charge in [0, 0.05) is 24.0 Å². The van der Waals surface area contributed by atoms with Crippen LogP contribution in [0.1, 0.15) is 36.3 Å². The summed E-state index contributed by atoms with van der Waals surface area (Å²) >= 11 is 5.98. The summed E-state index contributed by atoms with van der Waals surface area (Å²) in [5, 5.41) is 0.724. The molecule has 4 rings (SSSR count). The van der Waals surface area contributed by atoms with Crippen molar-refractivity contribution in [1.82, 2.24) is 4.90 Å². The van der Waals surface area contributed by atoms with Crippen LogP contribution in [0.25, 0.3) is 0 Å². The van der Waals surface area contributed by atoms with Crippen LogP contribution in [0.4, 0.5) is 0 Å². The van der Waals surface area contributed by atoms with Gasteiger partial charge in [-0.25, -0.2) is 0 Å². The lowest BCUT2D eigenvalue weighted by molar-refractivity contribution is -0.132. The molecule has 0 spiro atoms. The van der Waals surface area contributed by atoms with Crippen molar-refractivity contribution in [2.45, 2.75) is 30.6 Å². The lowest BCUT2D eigenvalue weighted by atomic mass is 9.94. The quantitative estimate of drug-likeness (QED) is 0.819. The number of rotatable bonds is 3. The summed E-state index contributed by atoms with van der Waals surface area (Å²) in [6, 6.07) is 18.3. The van der Waals surface area contributed by atoms with Crippen molar-refractivity contribution < 1.29 is 4.79 Å². The van der Waals surface area contributed by atoms with Crippen LogP contribution in [-0.2, 0) is 10.2 Å². The molecule has 1 saturated heterocycles.